The average molecular weight is 162 g/mol. The van der Waals surface area contributed by atoms with E-state index >= 15 is 0 Å². The summed E-state index contributed by atoms with van der Waals surface area (Å²) in [4.78, 5) is 10.9. The monoisotopic (exact) mass is 162 g/mol. The van der Waals surface area contributed by atoms with E-state index in [9.17, 15) is 4.79 Å². The Hall–Kier alpha value is -1.03. The molecule has 0 fully saturated rings. The Bertz CT molecular complexity index is 253. The maximum absolute atomic E-state index is 10.9. The van der Waals surface area contributed by atoms with Crippen molar-refractivity contribution in [2.24, 2.45) is 11.3 Å². The van der Waals surface area contributed by atoms with Gasteiger partial charge in [-0.05, 0) is 32.3 Å². The highest BCUT2D eigenvalue weighted by Crippen LogP contribution is 2.32. The van der Waals surface area contributed by atoms with Crippen LogP contribution in [0.5, 0.6) is 0 Å². The number of hydrogen-bond acceptors (Lipinski definition) is 1. The van der Waals surface area contributed by atoms with E-state index in [1.807, 2.05) is 19.9 Å². The summed E-state index contributed by atoms with van der Waals surface area (Å²) in [6.07, 6.45) is 10.6. The topological polar surface area (TPSA) is 17.1 Å². The zero-order valence-corrected chi connectivity index (χ0v) is 7.63. The Kier molecular flexibility index (Phi) is 2.38. The molecule has 64 valence electrons. The normalized spacial score (nSPS) is 23.8. The van der Waals surface area contributed by atoms with Crippen LogP contribution in [0.15, 0.2) is 12.2 Å². The van der Waals surface area contributed by atoms with E-state index in [1.54, 1.807) is 6.08 Å². The fraction of sp³-hybridized carbons (Fsp3) is 0.545. The molecule has 12 heavy (non-hydrogen) atoms. The predicted octanol–water partition coefficient (Wildman–Crippen LogP) is 2.18. The summed E-state index contributed by atoms with van der Waals surface area (Å²) in [6.45, 7) is 4.08. The third-order valence-electron chi connectivity index (χ3n) is 2.52. The van der Waals surface area contributed by atoms with E-state index in [1.165, 1.54) is 0 Å². The molecular formula is C11H14O. The van der Waals surface area contributed by atoms with E-state index in [2.05, 4.69) is 5.92 Å². The largest absolute Gasteiger partial charge is 0.295 e. The molecule has 0 bridgehead atoms. The lowest BCUT2D eigenvalue weighted by atomic mass is 9.75. The van der Waals surface area contributed by atoms with Crippen molar-refractivity contribution in [1.82, 2.24) is 0 Å². The number of ketones is 1. The van der Waals surface area contributed by atoms with Gasteiger partial charge in [-0.2, -0.15) is 0 Å². The fourth-order valence-corrected chi connectivity index (χ4v) is 1.41. The van der Waals surface area contributed by atoms with Crippen molar-refractivity contribution in [1.29, 1.82) is 0 Å². The van der Waals surface area contributed by atoms with Crippen molar-refractivity contribution in [3.63, 3.8) is 0 Å². The lowest BCUT2D eigenvalue weighted by Crippen LogP contribution is -2.23. The molecule has 1 heteroatoms. The minimum atomic E-state index is -0.114. The number of hydrogen-bond donors (Lipinski definition) is 0. The van der Waals surface area contributed by atoms with Gasteiger partial charge in [0.2, 0.25) is 0 Å². The minimum absolute atomic E-state index is 0.114. The lowest BCUT2D eigenvalue weighted by Gasteiger charge is -2.28. The van der Waals surface area contributed by atoms with Gasteiger partial charge in [0.05, 0.1) is 0 Å². The van der Waals surface area contributed by atoms with Crippen LogP contribution in [0.25, 0.3) is 0 Å². The highest BCUT2D eigenvalue weighted by Gasteiger charge is 2.27. The van der Waals surface area contributed by atoms with Crippen LogP contribution in [-0.2, 0) is 4.79 Å². The summed E-state index contributed by atoms with van der Waals surface area (Å²) >= 11 is 0. The third kappa shape index (κ3) is 1.76. The highest BCUT2D eigenvalue weighted by atomic mass is 16.1. The Morgan fingerprint density at radius 3 is 2.75 bits per heavy atom. The standard InChI is InChI=1S/C11H14O/c1-4-11(2,3)9-5-7-10(12)8-6-9/h1,5,7,9H,6,8H2,2-3H3. The van der Waals surface area contributed by atoms with E-state index < -0.39 is 0 Å². The van der Waals surface area contributed by atoms with E-state index in [-0.39, 0.29) is 11.2 Å². The smallest absolute Gasteiger partial charge is 0.155 e. The van der Waals surface area contributed by atoms with Gasteiger partial charge in [0.15, 0.2) is 5.78 Å². The molecule has 0 N–H and O–H groups in total. The fourth-order valence-electron chi connectivity index (χ4n) is 1.41. The van der Waals surface area contributed by atoms with Gasteiger partial charge in [-0.25, -0.2) is 0 Å². The molecule has 1 aliphatic carbocycles. The first-order valence-electron chi connectivity index (χ1n) is 4.25. The summed E-state index contributed by atoms with van der Waals surface area (Å²) in [5, 5.41) is 0. The molecule has 1 rings (SSSR count). The molecule has 0 aromatic rings. The van der Waals surface area contributed by atoms with Gasteiger partial charge < -0.3 is 0 Å². The summed E-state index contributed by atoms with van der Waals surface area (Å²) in [6, 6.07) is 0. The number of terminal acetylenes is 1. The predicted molar refractivity (Wildman–Crippen MR) is 49.5 cm³/mol. The van der Waals surface area contributed by atoms with Crippen LogP contribution in [0.2, 0.25) is 0 Å². The molecule has 1 atom stereocenters. The van der Waals surface area contributed by atoms with Crippen LogP contribution >= 0.6 is 0 Å². The van der Waals surface area contributed by atoms with Crippen molar-refractivity contribution >= 4 is 5.78 Å². The first-order chi connectivity index (χ1) is 5.56. The molecule has 1 aliphatic rings. The zero-order valence-electron chi connectivity index (χ0n) is 7.63. The van der Waals surface area contributed by atoms with Gasteiger partial charge in [-0.1, -0.05) is 12.0 Å². The van der Waals surface area contributed by atoms with Gasteiger partial charge in [0.1, 0.15) is 0 Å². The van der Waals surface area contributed by atoms with Crippen molar-refractivity contribution < 1.29 is 4.79 Å². The summed E-state index contributed by atoms with van der Waals surface area (Å²) < 4.78 is 0. The Labute approximate surface area is 73.9 Å². The van der Waals surface area contributed by atoms with Crippen molar-refractivity contribution in [2.75, 3.05) is 0 Å². The summed E-state index contributed by atoms with van der Waals surface area (Å²) in [5.74, 6) is 3.35. The molecule has 0 amide bonds. The van der Waals surface area contributed by atoms with Gasteiger partial charge in [-0.3, -0.25) is 4.79 Å². The Morgan fingerprint density at radius 1 is 1.67 bits per heavy atom. The van der Waals surface area contributed by atoms with Crippen LogP contribution in [-0.4, -0.2) is 5.78 Å². The minimum Gasteiger partial charge on any atom is -0.295 e. The van der Waals surface area contributed by atoms with Crippen LogP contribution < -0.4 is 0 Å². The van der Waals surface area contributed by atoms with Crippen LogP contribution in [0.4, 0.5) is 0 Å². The highest BCUT2D eigenvalue weighted by molar-refractivity contribution is 5.90. The molecule has 1 nitrogen and oxygen atoms in total. The van der Waals surface area contributed by atoms with Crippen molar-refractivity contribution in [3.05, 3.63) is 12.2 Å². The van der Waals surface area contributed by atoms with Gasteiger partial charge >= 0.3 is 0 Å². The molecule has 0 spiro atoms. The maximum atomic E-state index is 10.9. The Balaban J connectivity index is 2.74. The SMILES string of the molecule is C#CC(C)(C)C1C=CC(=O)CC1. The van der Waals surface area contributed by atoms with Crippen molar-refractivity contribution in [2.45, 2.75) is 26.7 Å². The van der Waals surface area contributed by atoms with Crippen LogP contribution in [0, 0.1) is 23.7 Å². The van der Waals surface area contributed by atoms with Crippen LogP contribution in [0.3, 0.4) is 0 Å². The van der Waals surface area contributed by atoms with E-state index in [0.717, 1.165) is 6.42 Å². The molecule has 0 aromatic carbocycles. The first kappa shape index (κ1) is 9.06. The second-order valence-electron chi connectivity index (χ2n) is 3.84. The Morgan fingerprint density at radius 2 is 2.33 bits per heavy atom. The number of carbonyl (C=O) groups excluding carboxylic acids is 1. The maximum Gasteiger partial charge on any atom is 0.155 e. The van der Waals surface area contributed by atoms with Gasteiger partial charge in [0, 0.05) is 11.8 Å². The van der Waals surface area contributed by atoms with E-state index in [4.69, 9.17) is 6.42 Å². The number of carbonyl (C=O) groups is 1. The van der Waals surface area contributed by atoms with Gasteiger partial charge in [0.25, 0.3) is 0 Å². The number of rotatable bonds is 1. The number of allylic oxidation sites excluding steroid dienone is 2. The second kappa shape index (κ2) is 3.15. The summed E-state index contributed by atoms with van der Waals surface area (Å²) in [5.41, 5.74) is -0.114. The quantitative estimate of drug-likeness (QED) is 0.540. The second-order valence-corrected chi connectivity index (χ2v) is 3.84. The molecule has 0 saturated heterocycles. The van der Waals surface area contributed by atoms with Crippen molar-refractivity contribution in [3.8, 4) is 12.3 Å². The summed E-state index contributed by atoms with van der Waals surface area (Å²) in [7, 11) is 0. The first-order valence-corrected chi connectivity index (χ1v) is 4.25. The molecule has 0 saturated carbocycles. The van der Waals surface area contributed by atoms with Crippen LogP contribution in [0.1, 0.15) is 26.7 Å². The molecule has 0 heterocycles. The van der Waals surface area contributed by atoms with E-state index in [0.29, 0.717) is 12.3 Å². The zero-order chi connectivity index (χ0) is 9.19. The molecule has 0 aromatic heterocycles. The average Bonchev–Trinajstić information content (AvgIpc) is 2.05. The molecule has 0 radical (unpaired) electrons. The third-order valence-corrected chi connectivity index (χ3v) is 2.52. The molecule has 1 unspecified atom stereocenters. The van der Waals surface area contributed by atoms with Gasteiger partial charge in [-0.15, -0.1) is 6.42 Å². The molecule has 0 aliphatic heterocycles. The lowest BCUT2D eigenvalue weighted by molar-refractivity contribution is -0.115. The molecular weight excluding hydrogens is 148 g/mol.